The molecule has 3 rings (SSSR count). The molecule has 144 valence electrons. The summed E-state index contributed by atoms with van der Waals surface area (Å²) in [6.45, 7) is 3.09. The molecule has 1 aromatic heterocycles. The maximum atomic E-state index is 13.0. The summed E-state index contributed by atoms with van der Waals surface area (Å²) < 4.78 is 5.68. The maximum absolute atomic E-state index is 13.0. The minimum Gasteiger partial charge on any atom is -0.508 e. The number of carbonyl (C=O) groups is 2. The molecule has 2 heterocycles. The summed E-state index contributed by atoms with van der Waals surface area (Å²) in [5.74, 6) is -0.304. The van der Waals surface area contributed by atoms with Crippen molar-refractivity contribution in [1.29, 1.82) is 0 Å². The van der Waals surface area contributed by atoms with Crippen LogP contribution in [0.1, 0.15) is 35.0 Å². The fourth-order valence-corrected chi connectivity index (χ4v) is 3.75. The molecule has 1 aliphatic rings. The second-order valence-corrected chi connectivity index (χ2v) is 7.60. The predicted octanol–water partition coefficient (Wildman–Crippen LogP) is 2.78. The molecular weight excluding hydrogens is 364 g/mol. The van der Waals surface area contributed by atoms with Crippen molar-refractivity contribution in [2.24, 2.45) is 0 Å². The Kier molecular flexibility index (Phi) is 6.47. The minimum absolute atomic E-state index is 0.0139. The normalized spacial score (nSPS) is 17.4. The number of hydrogen-bond acceptors (Lipinski definition) is 5. The van der Waals surface area contributed by atoms with Gasteiger partial charge in [0.25, 0.3) is 5.91 Å². The Morgan fingerprint density at radius 2 is 2.15 bits per heavy atom. The molecule has 6 nitrogen and oxygen atoms in total. The summed E-state index contributed by atoms with van der Waals surface area (Å²) in [7, 11) is 0. The zero-order chi connectivity index (χ0) is 19.2. The first-order chi connectivity index (χ1) is 13.0. The fourth-order valence-electron chi connectivity index (χ4n) is 3.13. The third-order valence-corrected chi connectivity index (χ3v) is 5.44. The van der Waals surface area contributed by atoms with Crippen molar-refractivity contribution in [2.75, 3.05) is 13.2 Å². The molecule has 2 N–H and O–H groups in total. The number of phenolic OH excluding ortho intramolecular Hbond substituents is 1. The van der Waals surface area contributed by atoms with Crippen molar-refractivity contribution < 1.29 is 19.4 Å². The second-order valence-electron chi connectivity index (χ2n) is 6.65. The zero-order valence-electron chi connectivity index (χ0n) is 15.3. The second kappa shape index (κ2) is 9.01. The van der Waals surface area contributed by atoms with E-state index in [1.54, 1.807) is 42.2 Å². The van der Waals surface area contributed by atoms with E-state index < -0.39 is 6.04 Å². The van der Waals surface area contributed by atoms with Crippen LogP contribution in [0.4, 0.5) is 0 Å². The Morgan fingerprint density at radius 1 is 1.33 bits per heavy atom. The molecule has 1 aliphatic heterocycles. The van der Waals surface area contributed by atoms with Crippen LogP contribution in [0.25, 0.3) is 0 Å². The number of para-hydroxylation sites is 1. The molecule has 2 amide bonds. The number of rotatable bonds is 7. The molecule has 2 unspecified atom stereocenters. The van der Waals surface area contributed by atoms with E-state index in [9.17, 15) is 14.7 Å². The highest BCUT2D eigenvalue weighted by molar-refractivity contribution is 7.12. The van der Waals surface area contributed by atoms with E-state index >= 15 is 0 Å². The molecule has 1 aromatic carbocycles. The van der Waals surface area contributed by atoms with Crippen LogP contribution in [0.15, 0.2) is 41.8 Å². The number of benzene rings is 1. The molecule has 0 saturated carbocycles. The summed E-state index contributed by atoms with van der Waals surface area (Å²) in [6, 6.07) is 9.82. The van der Waals surface area contributed by atoms with Gasteiger partial charge in [0.2, 0.25) is 5.91 Å². The molecule has 0 radical (unpaired) electrons. The third kappa shape index (κ3) is 5.08. The van der Waals surface area contributed by atoms with Gasteiger partial charge in [-0.15, -0.1) is 11.3 Å². The lowest BCUT2D eigenvalue weighted by atomic mass is 10.1. The highest BCUT2D eigenvalue weighted by Gasteiger charge is 2.27. The van der Waals surface area contributed by atoms with Gasteiger partial charge >= 0.3 is 0 Å². The zero-order valence-corrected chi connectivity index (χ0v) is 16.1. The maximum Gasteiger partial charge on any atom is 0.261 e. The largest absolute Gasteiger partial charge is 0.508 e. The van der Waals surface area contributed by atoms with Crippen LogP contribution in [0.5, 0.6) is 5.75 Å². The average Bonchev–Trinajstić information content (AvgIpc) is 3.36. The van der Waals surface area contributed by atoms with E-state index in [-0.39, 0.29) is 30.2 Å². The average molecular weight is 388 g/mol. The van der Waals surface area contributed by atoms with Crippen molar-refractivity contribution in [3.8, 4) is 5.75 Å². The van der Waals surface area contributed by atoms with Crippen molar-refractivity contribution in [2.45, 2.75) is 38.5 Å². The predicted molar refractivity (Wildman–Crippen MR) is 104 cm³/mol. The number of amides is 2. The highest BCUT2D eigenvalue weighted by Crippen LogP contribution is 2.21. The lowest BCUT2D eigenvalue weighted by molar-refractivity contribution is -0.135. The summed E-state index contributed by atoms with van der Waals surface area (Å²) in [4.78, 5) is 27.5. The molecule has 2 atom stereocenters. The van der Waals surface area contributed by atoms with Gasteiger partial charge in [-0.25, -0.2) is 0 Å². The number of ether oxygens (including phenoxy) is 1. The number of aromatic hydroxyl groups is 1. The molecule has 27 heavy (non-hydrogen) atoms. The summed E-state index contributed by atoms with van der Waals surface area (Å²) >= 11 is 1.33. The first-order valence-electron chi connectivity index (χ1n) is 9.06. The summed E-state index contributed by atoms with van der Waals surface area (Å²) in [6.07, 6.45) is 1.87. The van der Waals surface area contributed by atoms with E-state index in [0.717, 1.165) is 12.8 Å². The van der Waals surface area contributed by atoms with Gasteiger partial charge in [0.05, 0.1) is 11.0 Å². The van der Waals surface area contributed by atoms with Gasteiger partial charge in [-0.2, -0.15) is 0 Å². The van der Waals surface area contributed by atoms with Crippen molar-refractivity contribution >= 4 is 23.2 Å². The molecule has 0 bridgehead atoms. The minimum atomic E-state index is -0.674. The smallest absolute Gasteiger partial charge is 0.261 e. The van der Waals surface area contributed by atoms with Crippen molar-refractivity contribution in [3.63, 3.8) is 0 Å². The number of carbonyl (C=O) groups excluding carboxylic acids is 2. The Morgan fingerprint density at radius 3 is 2.81 bits per heavy atom. The van der Waals surface area contributed by atoms with Gasteiger partial charge in [-0.05, 0) is 37.3 Å². The van der Waals surface area contributed by atoms with E-state index in [0.29, 0.717) is 23.6 Å². The SMILES string of the molecule is CC(NC(=O)c1cccs1)C(=O)N(Cc1ccccc1O)CC1CCCO1. The number of nitrogens with zero attached hydrogens (tertiary/aromatic N) is 1. The van der Waals surface area contributed by atoms with E-state index in [1.165, 1.54) is 11.3 Å². The fraction of sp³-hybridized carbons (Fsp3) is 0.400. The quantitative estimate of drug-likeness (QED) is 0.764. The lowest BCUT2D eigenvalue weighted by Gasteiger charge is -2.28. The number of nitrogens with one attached hydrogen (secondary N) is 1. The lowest BCUT2D eigenvalue weighted by Crippen LogP contribution is -2.48. The van der Waals surface area contributed by atoms with Gasteiger partial charge < -0.3 is 20.1 Å². The van der Waals surface area contributed by atoms with Crippen LogP contribution >= 0.6 is 11.3 Å². The van der Waals surface area contributed by atoms with Gasteiger partial charge in [-0.1, -0.05) is 24.3 Å². The van der Waals surface area contributed by atoms with Crippen LogP contribution < -0.4 is 5.32 Å². The first-order valence-corrected chi connectivity index (χ1v) is 9.94. The van der Waals surface area contributed by atoms with Gasteiger partial charge in [0, 0.05) is 25.3 Å². The topological polar surface area (TPSA) is 78.9 Å². The van der Waals surface area contributed by atoms with E-state index in [1.807, 2.05) is 11.4 Å². The Labute approximate surface area is 162 Å². The first kappa shape index (κ1) is 19.4. The molecule has 0 aliphatic carbocycles. The molecule has 1 saturated heterocycles. The van der Waals surface area contributed by atoms with Gasteiger partial charge in [0.15, 0.2) is 0 Å². The summed E-state index contributed by atoms with van der Waals surface area (Å²) in [5, 5.41) is 14.7. The Balaban J connectivity index is 1.70. The molecule has 1 fully saturated rings. The van der Waals surface area contributed by atoms with Crippen LogP contribution in [0.2, 0.25) is 0 Å². The van der Waals surface area contributed by atoms with Crippen LogP contribution in [-0.4, -0.2) is 47.1 Å². The van der Waals surface area contributed by atoms with Crippen LogP contribution in [-0.2, 0) is 16.1 Å². The summed E-state index contributed by atoms with van der Waals surface area (Å²) in [5.41, 5.74) is 0.667. The van der Waals surface area contributed by atoms with Crippen LogP contribution in [0.3, 0.4) is 0 Å². The standard InChI is InChI=1S/C20H24N2O4S/c1-14(21-19(24)18-9-5-11-27-18)20(25)22(13-16-7-4-10-26-16)12-15-6-2-3-8-17(15)23/h2-3,5-6,8-9,11,14,16,23H,4,7,10,12-13H2,1H3,(H,21,24). The highest BCUT2D eigenvalue weighted by atomic mass is 32.1. The molecule has 7 heteroatoms. The van der Waals surface area contributed by atoms with Crippen molar-refractivity contribution in [3.05, 3.63) is 52.2 Å². The van der Waals surface area contributed by atoms with Gasteiger partial charge in [-0.3, -0.25) is 9.59 Å². The number of hydrogen-bond donors (Lipinski definition) is 2. The number of phenols is 1. The van der Waals surface area contributed by atoms with Crippen molar-refractivity contribution in [1.82, 2.24) is 10.2 Å². The Bertz CT molecular complexity index is 772. The van der Waals surface area contributed by atoms with Gasteiger partial charge in [0.1, 0.15) is 11.8 Å². The van der Waals surface area contributed by atoms with E-state index in [2.05, 4.69) is 5.32 Å². The monoisotopic (exact) mass is 388 g/mol. The Hall–Kier alpha value is -2.38. The van der Waals surface area contributed by atoms with Crippen LogP contribution in [0, 0.1) is 0 Å². The molecular formula is C20H24N2O4S. The number of thiophene rings is 1. The molecule has 2 aromatic rings. The van der Waals surface area contributed by atoms with E-state index in [4.69, 9.17) is 4.74 Å². The third-order valence-electron chi connectivity index (χ3n) is 4.58. The molecule has 0 spiro atoms.